The summed E-state index contributed by atoms with van der Waals surface area (Å²) in [5.41, 5.74) is 2.06. The Kier molecular flexibility index (Phi) is 5.19. The molecule has 2 aromatic carbocycles. The number of esters is 2. The van der Waals surface area contributed by atoms with Crippen LogP contribution in [0.2, 0.25) is 0 Å². The van der Waals surface area contributed by atoms with Crippen molar-refractivity contribution in [3.63, 3.8) is 0 Å². The highest BCUT2D eigenvalue weighted by molar-refractivity contribution is 7.98. The summed E-state index contributed by atoms with van der Waals surface area (Å²) in [6.45, 7) is 2.35. The molecule has 0 aromatic heterocycles. The topological polar surface area (TPSA) is 69.7 Å². The lowest BCUT2D eigenvalue weighted by molar-refractivity contribution is -0.206. The van der Waals surface area contributed by atoms with Crippen LogP contribution in [0, 0.1) is 0 Å². The molecule has 3 rings (SSSR count). The number of ether oxygens (including phenoxy) is 2. The monoisotopic (exact) mass is 382 g/mol. The van der Waals surface area contributed by atoms with Crippen LogP contribution in [0.25, 0.3) is 11.1 Å². The second-order valence-electron chi connectivity index (χ2n) is 5.98. The number of hydrogen-bond donors (Lipinski definition) is 0. The van der Waals surface area contributed by atoms with Crippen molar-refractivity contribution >= 4 is 40.6 Å². The lowest BCUT2D eigenvalue weighted by atomic mass is 9.73. The minimum absolute atomic E-state index is 0.370. The van der Waals surface area contributed by atoms with Gasteiger partial charge in [-0.1, -0.05) is 42.5 Å². The van der Waals surface area contributed by atoms with Crippen LogP contribution in [0.1, 0.15) is 25.0 Å². The fourth-order valence-electron chi connectivity index (χ4n) is 3.09. The van der Waals surface area contributed by atoms with E-state index in [0.717, 1.165) is 4.90 Å². The van der Waals surface area contributed by atoms with Crippen LogP contribution >= 0.6 is 11.8 Å². The average Bonchev–Trinajstić information content (AvgIpc) is 2.65. The molecule has 1 aliphatic rings. The van der Waals surface area contributed by atoms with Gasteiger partial charge >= 0.3 is 17.7 Å². The molecule has 0 spiro atoms. The minimum Gasteiger partial charge on any atom is -0.411 e. The summed E-state index contributed by atoms with van der Waals surface area (Å²) in [5.74, 6) is -4.03. The first-order valence-electron chi connectivity index (χ1n) is 8.27. The number of Topliss-reactive ketones (excluding diaryl/α,β-unsaturated/α-hetero) is 1. The van der Waals surface area contributed by atoms with E-state index >= 15 is 0 Å². The van der Waals surface area contributed by atoms with E-state index in [1.807, 2.05) is 48.7 Å². The molecule has 0 fully saturated rings. The standard InChI is InChI=1S/C21H18O5S/c1-13(22)25-21(26-14(2)23)19(16-9-11-17(27-3)12-10-16)18(20(21)24)15-7-5-4-6-8-15/h4-12H,1-3H3. The summed E-state index contributed by atoms with van der Waals surface area (Å²) in [4.78, 5) is 37.5. The zero-order valence-corrected chi connectivity index (χ0v) is 16.0. The first kappa shape index (κ1) is 18.9. The maximum atomic E-state index is 13.0. The van der Waals surface area contributed by atoms with Gasteiger partial charge in [0.25, 0.3) is 5.78 Å². The summed E-state index contributed by atoms with van der Waals surface area (Å²) in [7, 11) is 0. The summed E-state index contributed by atoms with van der Waals surface area (Å²) >= 11 is 1.58. The molecule has 2 aromatic rings. The Bertz CT molecular complexity index is 913. The Morgan fingerprint density at radius 1 is 0.852 bits per heavy atom. The van der Waals surface area contributed by atoms with Gasteiger partial charge in [0.15, 0.2) is 0 Å². The van der Waals surface area contributed by atoms with Crippen molar-refractivity contribution < 1.29 is 23.9 Å². The summed E-state index contributed by atoms with van der Waals surface area (Å²) in [6, 6.07) is 16.4. The van der Waals surface area contributed by atoms with E-state index in [4.69, 9.17) is 9.47 Å². The van der Waals surface area contributed by atoms with E-state index in [0.29, 0.717) is 22.3 Å². The van der Waals surface area contributed by atoms with Crippen molar-refractivity contribution in [1.29, 1.82) is 0 Å². The van der Waals surface area contributed by atoms with Crippen LogP contribution in [0.3, 0.4) is 0 Å². The van der Waals surface area contributed by atoms with Gasteiger partial charge in [-0.05, 0) is 29.5 Å². The van der Waals surface area contributed by atoms with Gasteiger partial charge in [0, 0.05) is 24.3 Å². The molecule has 0 heterocycles. The quantitative estimate of drug-likeness (QED) is 0.446. The van der Waals surface area contributed by atoms with Crippen LogP contribution in [-0.2, 0) is 23.9 Å². The predicted octanol–water partition coefficient (Wildman–Crippen LogP) is 3.72. The van der Waals surface area contributed by atoms with Crippen molar-refractivity contribution in [2.24, 2.45) is 0 Å². The van der Waals surface area contributed by atoms with E-state index < -0.39 is 23.5 Å². The number of thioether (sulfide) groups is 1. The zero-order valence-electron chi connectivity index (χ0n) is 15.1. The lowest BCUT2D eigenvalue weighted by Gasteiger charge is -2.41. The molecule has 6 heteroatoms. The Hall–Kier alpha value is -2.86. The molecular weight excluding hydrogens is 364 g/mol. The molecule has 0 bridgehead atoms. The van der Waals surface area contributed by atoms with Gasteiger partial charge in [0.1, 0.15) is 0 Å². The third-order valence-electron chi connectivity index (χ3n) is 4.12. The number of carbonyl (C=O) groups is 3. The molecule has 0 saturated carbocycles. The number of hydrogen-bond acceptors (Lipinski definition) is 6. The molecule has 138 valence electrons. The predicted molar refractivity (Wildman–Crippen MR) is 103 cm³/mol. The van der Waals surface area contributed by atoms with E-state index in [9.17, 15) is 14.4 Å². The Balaban J connectivity index is 2.24. The molecule has 0 unspecified atom stereocenters. The van der Waals surface area contributed by atoms with Gasteiger partial charge in [-0.2, -0.15) is 0 Å². The highest BCUT2D eigenvalue weighted by Crippen LogP contribution is 2.50. The van der Waals surface area contributed by atoms with Crippen LogP contribution in [0.15, 0.2) is 59.5 Å². The number of ketones is 1. The third kappa shape index (κ3) is 3.40. The van der Waals surface area contributed by atoms with Crippen molar-refractivity contribution in [3.05, 3.63) is 65.7 Å². The van der Waals surface area contributed by atoms with Crippen molar-refractivity contribution in [3.8, 4) is 0 Å². The number of rotatable bonds is 5. The van der Waals surface area contributed by atoms with Gasteiger partial charge in [0.05, 0.1) is 5.57 Å². The highest BCUT2D eigenvalue weighted by Gasteiger charge is 2.61. The minimum atomic E-state index is -2.05. The van der Waals surface area contributed by atoms with Gasteiger partial charge in [0.2, 0.25) is 0 Å². The summed E-state index contributed by atoms with van der Waals surface area (Å²) in [5, 5.41) is 0. The smallest absolute Gasteiger partial charge is 0.349 e. The Morgan fingerprint density at radius 3 is 1.89 bits per heavy atom. The molecule has 0 N–H and O–H groups in total. The first-order valence-corrected chi connectivity index (χ1v) is 9.50. The second-order valence-corrected chi connectivity index (χ2v) is 6.86. The van der Waals surface area contributed by atoms with Crippen LogP contribution in [0.5, 0.6) is 0 Å². The summed E-state index contributed by atoms with van der Waals surface area (Å²) < 4.78 is 10.6. The molecular formula is C21H18O5S. The summed E-state index contributed by atoms with van der Waals surface area (Å²) in [6.07, 6.45) is 1.96. The lowest BCUT2D eigenvalue weighted by Crippen LogP contribution is -2.55. The van der Waals surface area contributed by atoms with Gasteiger partial charge in [-0.3, -0.25) is 14.4 Å². The fourth-order valence-corrected chi connectivity index (χ4v) is 3.49. The van der Waals surface area contributed by atoms with E-state index in [1.54, 1.807) is 23.9 Å². The second kappa shape index (κ2) is 7.40. The normalized spacial score (nSPS) is 15.1. The number of carbonyl (C=O) groups excluding carboxylic acids is 3. The molecule has 27 heavy (non-hydrogen) atoms. The molecule has 0 atom stereocenters. The molecule has 0 amide bonds. The van der Waals surface area contributed by atoms with Gasteiger partial charge < -0.3 is 9.47 Å². The average molecular weight is 382 g/mol. The van der Waals surface area contributed by atoms with E-state index in [-0.39, 0.29) is 0 Å². The maximum Gasteiger partial charge on any atom is 0.349 e. The SMILES string of the molecule is CSc1ccc(C2=C(c3ccccc3)C(=O)C2(OC(C)=O)OC(C)=O)cc1. The zero-order chi connectivity index (χ0) is 19.6. The van der Waals surface area contributed by atoms with Crippen molar-refractivity contribution in [2.75, 3.05) is 6.26 Å². The van der Waals surface area contributed by atoms with Crippen LogP contribution in [-0.4, -0.2) is 29.8 Å². The molecule has 5 nitrogen and oxygen atoms in total. The molecule has 0 aliphatic heterocycles. The maximum absolute atomic E-state index is 13.0. The first-order chi connectivity index (χ1) is 12.9. The van der Waals surface area contributed by atoms with Gasteiger partial charge in [-0.15, -0.1) is 11.8 Å². The number of benzene rings is 2. The fraction of sp³-hybridized carbons (Fsp3) is 0.190. The van der Waals surface area contributed by atoms with E-state index in [2.05, 4.69) is 0 Å². The highest BCUT2D eigenvalue weighted by atomic mass is 32.2. The Morgan fingerprint density at radius 2 is 1.41 bits per heavy atom. The van der Waals surface area contributed by atoms with E-state index in [1.165, 1.54) is 13.8 Å². The molecule has 0 radical (unpaired) electrons. The molecule has 1 aliphatic carbocycles. The van der Waals surface area contributed by atoms with Gasteiger partial charge in [-0.25, -0.2) is 0 Å². The Labute approximate surface area is 161 Å². The third-order valence-corrected chi connectivity index (χ3v) is 4.86. The molecule has 0 saturated heterocycles. The van der Waals surface area contributed by atoms with Crippen molar-refractivity contribution in [1.82, 2.24) is 0 Å². The van der Waals surface area contributed by atoms with Crippen LogP contribution in [0.4, 0.5) is 0 Å². The largest absolute Gasteiger partial charge is 0.411 e. The van der Waals surface area contributed by atoms with Crippen molar-refractivity contribution in [2.45, 2.75) is 24.5 Å². The van der Waals surface area contributed by atoms with Crippen LogP contribution < -0.4 is 0 Å².